The fourth-order valence-electron chi connectivity index (χ4n) is 3.97. The molecule has 1 saturated carbocycles. The van der Waals surface area contributed by atoms with Crippen molar-refractivity contribution < 1.29 is 4.79 Å². The molecule has 3 atom stereocenters. The molecule has 1 saturated heterocycles. The van der Waals surface area contributed by atoms with Crippen molar-refractivity contribution in [3.05, 3.63) is 11.4 Å². The van der Waals surface area contributed by atoms with Gasteiger partial charge in [0.2, 0.25) is 0 Å². The van der Waals surface area contributed by atoms with Crippen molar-refractivity contribution in [3.8, 4) is 0 Å². The molecule has 0 spiro atoms. The SMILES string of the molecule is Cc1c(C(=O)NC2CCCC(C)C2C)nnn1C1CCNCC1. The average Bonchev–Trinajstić information content (AvgIpc) is 2.94. The minimum atomic E-state index is -0.0614. The first-order valence-electron chi connectivity index (χ1n) is 9.01. The third kappa shape index (κ3) is 3.42. The Hall–Kier alpha value is -1.43. The number of rotatable bonds is 3. The minimum Gasteiger partial charge on any atom is -0.348 e. The number of amides is 1. The molecule has 0 bridgehead atoms. The van der Waals surface area contributed by atoms with Crippen molar-refractivity contribution in [1.82, 2.24) is 25.6 Å². The van der Waals surface area contributed by atoms with Gasteiger partial charge in [-0.05, 0) is 51.1 Å². The zero-order valence-corrected chi connectivity index (χ0v) is 14.5. The molecule has 128 valence electrons. The van der Waals surface area contributed by atoms with E-state index in [1.807, 2.05) is 11.6 Å². The van der Waals surface area contributed by atoms with Gasteiger partial charge < -0.3 is 10.6 Å². The lowest BCUT2D eigenvalue weighted by Crippen LogP contribution is -2.44. The van der Waals surface area contributed by atoms with Crippen LogP contribution in [-0.2, 0) is 0 Å². The van der Waals surface area contributed by atoms with Gasteiger partial charge in [-0.3, -0.25) is 4.79 Å². The van der Waals surface area contributed by atoms with Crippen molar-refractivity contribution in [2.24, 2.45) is 11.8 Å². The number of aromatic nitrogens is 3. The van der Waals surface area contributed by atoms with E-state index in [9.17, 15) is 4.79 Å². The van der Waals surface area contributed by atoms with Gasteiger partial charge in [0, 0.05) is 6.04 Å². The van der Waals surface area contributed by atoms with Crippen LogP contribution >= 0.6 is 0 Å². The lowest BCUT2D eigenvalue weighted by Gasteiger charge is -2.34. The summed E-state index contributed by atoms with van der Waals surface area (Å²) in [5.41, 5.74) is 1.39. The largest absolute Gasteiger partial charge is 0.348 e. The number of hydrogen-bond donors (Lipinski definition) is 2. The van der Waals surface area contributed by atoms with Crippen LogP contribution < -0.4 is 10.6 Å². The van der Waals surface area contributed by atoms with Crippen LogP contribution in [0.25, 0.3) is 0 Å². The summed E-state index contributed by atoms with van der Waals surface area (Å²) in [5.74, 6) is 1.13. The lowest BCUT2D eigenvalue weighted by atomic mass is 9.78. The standard InChI is InChI=1S/C17H29N5O/c1-11-5-4-6-15(12(11)2)19-17(23)16-13(3)22(21-20-16)14-7-9-18-10-8-14/h11-12,14-15,18H,4-10H2,1-3H3,(H,19,23). The number of nitrogens with one attached hydrogen (secondary N) is 2. The van der Waals surface area contributed by atoms with E-state index >= 15 is 0 Å². The molecular weight excluding hydrogens is 290 g/mol. The summed E-state index contributed by atoms with van der Waals surface area (Å²) in [5, 5.41) is 15.0. The fraction of sp³-hybridized carbons (Fsp3) is 0.824. The highest BCUT2D eigenvalue weighted by Gasteiger charge is 2.30. The van der Waals surface area contributed by atoms with E-state index in [4.69, 9.17) is 0 Å². The zero-order chi connectivity index (χ0) is 16.4. The van der Waals surface area contributed by atoms with Crippen molar-refractivity contribution in [2.45, 2.75) is 65.0 Å². The molecule has 2 aliphatic rings. The Kier molecular flexibility index (Phi) is 4.99. The first kappa shape index (κ1) is 16.4. The van der Waals surface area contributed by atoms with Crippen LogP contribution in [0.5, 0.6) is 0 Å². The van der Waals surface area contributed by atoms with Crippen LogP contribution in [0.3, 0.4) is 0 Å². The van der Waals surface area contributed by atoms with Crippen molar-refractivity contribution in [2.75, 3.05) is 13.1 Å². The molecule has 2 heterocycles. The average molecular weight is 319 g/mol. The Morgan fingerprint density at radius 3 is 2.70 bits per heavy atom. The van der Waals surface area contributed by atoms with Crippen LogP contribution in [0.2, 0.25) is 0 Å². The molecule has 1 aliphatic heterocycles. The van der Waals surface area contributed by atoms with Gasteiger partial charge in [-0.25, -0.2) is 4.68 Å². The quantitative estimate of drug-likeness (QED) is 0.894. The maximum absolute atomic E-state index is 12.6. The zero-order valence-electron chi connectivity index (χ0n) is 14.5. The number of hydrogen-bond acceptors (Lipinski definition) is 4. The molecule has 2 N–H and O–H groups in total. The van der Waals surface area contributed by atoms with Crippen LogP contribution in [-0.4, -0.2) is 40.0 Å². The van der Waals surface area contributed by atoms with Gasteiger partial charge in [-0.15, -0.1) is 5.10 Å². The highest BCUT2D eigenvalue weighted by Crippen LogP contribution is 2.29. The molecule has 3 rings (SSSR count). The molecule has 1 aliphatic carbocycles. The summed E-state index contributed by atoms with van der Waals surface area (Å²) in [6.45, 7) is 8.49. The van der Waals surface area contributed by atoms with E-state index in [0.29, 0.717) is 23.6 Å². The van der Waals surface area contributed by atoms with Gasteiger partial charge in [0.25, 0.3) is 5.91 Å². The number of carbonyl (C=O) groups excluding carboxylic acids is 1. The molecule has 3 unspecified atom stereocenters. The highest BCUT2D eigenvalue weighted by molar-refractivity contribution is 5.93. The fourth-order valence-corrected chi connectivity index (χ4v) is 3.97. The van der Waals surface area contributed by atoms with Gasteiger partial charge in [0.15, 0.2) is 5.69 Å². The first-order valence-corrected chi connectivity index (χ1v) is 9.01. The minimum absolute atomic E-state index is 0.0614. The van der Waals surface area contributed by atoms with Crippen molar-refractivity contribution in [1.29, 1.82) is 0 Å². The van der Waals surface area contributed by atoms with Crippen LogP contribution in [0.1, 0.15) is 68.2 Å². The monoisotopic (exact) mass is 319 g/mol. The van der Waals surface area contributed by atoms with Gasteiger partial charge in [-0.1, -0.05) is 31.9 Å². The highest BCUT2D eigenvalue weighted by atomic mass is 16.2. The molecule has 23 heavy (non-hydrogen) atoms. The summed E-state index contributed by atoms with van der Waals surface area (Å²) >= 11 is 0. The smallest absolute Gasteiger partial charge is 0.273 e. The van der Waals surface area contributed by atoms with E-state index in [0.717, 1.165) is 38.0 Å². The Morgan fingerprint density at radius 2 is 1.96 bits per heavy atom. The molecule has 6 nitrogen and oxygen atoms in total. The van der Waals surface area contributed by atoms with Gasteiger partial charge in [-0.2, -0.15) is 0 Å². The second-order valence-electron chi connectivity index (χ2n) is 7.30. The predicted octanol–water partition coefficient (Wildman–Crippen LogP) is 2.07. The van der Waals surface area contributed by atoms with E-state index < -0.39 is 0 Å². The van der Waals surface area contributed by atoms with Gasteiger partial charge in [0.1, 0.15) is 0 Å². The summed E-state index contributed by atoms with van der Waals surface area (Å²) in [6.07, 6.45) is 5.61. The summed E-state index contributed by atoms with van der Waals surface area (Å²) < 4.78 is 1.95. The third-order valence-corrected chi connectivity index (χ3v) is 5.82. The van der Waals surface area contributed by atoms with E-state index in [1.165, 1.54) is 12.8 Å². The number of piperidine rings is 1. The summed E-state index contributed by atoms with van der Waals surface area (Å²) in [6, 6.07) is 0.619. The van der Waals surface area contributed by atoms with Crippen LogP contribution in [0.15, 0.2) is 0 Å². The Bertz CT molecular complexity index is 549. The van der Waals surface area contributed by atoms with Crippen LogP contribution in [0, 0.1) is 18.8 Å². The van der Waals surface area contributed by atoms with Gasteiger partial charge in [0.05, 0.1) is 11.7 Å². The number of nitrogens with zero attached hydrogens (tertiary/aromatic N) is 3. The molecule has 0 aromatic carbocycles. The molecule has 1 aromatic heterocycles. The van der Waals surface area contributed by atoms with E-state index in [2.05, 4.69) is 34.8 Å². The van der Waals surface area contributed by atoms with E-state index in [-0.39, 0.29) is 11.9 Å². The molecule has 1 amide bonds. The normalized spacial score (nSPS) is 29.4. The Labute approximate surface area is 138 Å². The maximum Gasteiger partial charge on any atom is 0.273 e. The van der Waals surface area contributed by atoms with Crippen molar-refractivity contribution >= 4 is 5.91 Å². The van der Waals surface area contributed by atoms with Gasteiger partial charge >= 0.3 is 0 Å². The second kappa shape index (κ2) is 6.99. The topological polar surface area (TPSA) is 71.8 Å². The lowest BCUT2D eigenvalue weighted by molar-refractivity contribution is 0.0885. The molecule has 6 heteroatoms. The second-order valence-corrected chi connectivity index (χ2v) is 7.30. The first-order chi connectivity index (χ1) is 11.1. The maximum atomic E-state index is 12.6. The molecule has 1 aromatic rings. The number of carbonyl (C=O) groups is 1. The summed E-state index contributed by atoms with van der Waals surface area (Å²) in [7, 11) is 0. The molecule has 0 radical (unpaired) electrons. The molecular formula is C17H29N5O. The Morgan fingerprint density at radius 1 is 1.22 bits per heavy atom. The summed E-state index contributed by atoms with van der Waals surface area (Å²) in [4.78, 5) is 12.6. The predicted molar refractivity (Wildman–Crippen MR) is 89.3 cm³/mol. The van der Waals surface area contributed by atoms with Crippen molar-refractivity contribution in [3.63, 3.8) is 0 Å². The van der Waals surface area contributed by atoms with E-state index in [1.54, 1.807) is 0 Å². The van der Waals surface area contributed by atoms with Crippen LogP contribution in [0.4, 0.5) is 0 Å². The molecule has 2 fully saturated rings. The Balaban J connectivity index is 1.69. The third-order valence-electron chi connectivity index (χ3n) is 5.82.